The first-order valence-electron chi connectivity index (χ1n) is 8.32. The van der Waals surface area contributed by atoms with Crippen molar-refractivity contribution in [2.75, 3.05) is 51.3 Å². The van der Waals surface area contributed by atoms with Crippen molar-refractivity contribution >= 4 is 11.7 Å². The van der Waals surface area contributed by atoms with E-state index < -0.39 is 12.8 Å². The van der Waals surface area contributed by atoms with Gasteiger partial charge < -0.3 is 15.0 Å². The Morgan fingerprint density at radius 3 is 2.64 bits per heavy atom. The summed E-state index contributed by atoms with van der Waals surface area (Å²) in [5.41, 5.74) is 0.663. The van der Waals surface area contributed by atoms with Crippen molar-refractivity contribution in [3.8, 4) is 0 Å². The van der Waals surface area contributed by atoms with Crippen molar-refractivity contribution in [2.24, 2.45) is 0 Å². The van der Waals surface area contributed by atoms with Gasteiger partial charge in [0.15, 0.2) is 0 Å². The molecule has 0 bridgehead atoms. The Balaban J connectivity index is 1.61. The average Bonchev–Trinajstić information content (AvgIpc) is 3.01. The predicted octanol–water partition coefficient (Wildman–Crippen LogP) is 2.02. The van der Waals surface area contributed by atoms with Crippen molar-refractivity contribution in [3.05, 3.63) is 12.4 Å². The number of urea groups is 1. The largest absolute Gasteiger partial charge is 0.411 e. The molecule has 1 aromatic heterocycles. The van der Waals surface area contributed by atoms with E-state index in [2.05, 4.69) is 20.1 Å². The Morgan fingerprint density at radius 1 is 1.32 bits per heavy atom. The third-order valence-electron chi connectivity index (χ3n) is 3.90. The zero-order valence-electron chi connectivity index (χ0n) is 14.3. The molecule has 1 fully saturated rings. The molecule has 0 atom stereocenters. The van der Waals surface area contributed by atoms with E-state index in [1.165, 1.54) is 0 Å². The van der Waals surface area contributed by atoms with Crippen LogP contribution in [-0.2, 0) is 11.3 Å². The fraction of sp³-hybridized carbons (Fsp3) is 0.733. The van der Waals surface area contributed by atoms with Crippen molar-refractivity contribution in [2.45, 2.75) is 26.1 Å². The molecule has 1 aromatic rings. The molecule has 1 aliphatic heterocycles. The number of halogens is 3. The van der Waals surface area contributed by atoms with Crippen LogP contribution >= 0.6 is 0 Å². The highest BCUT2D eigenvalue weighted by Crippen LogP contribution is 2.14. The molecule has 2 rings (SSSR count). The molecule has 1 saturated heterocycles. The van der Waals surface area contributed by atoms with Crippen molar-refractivity contribution in [3.63, 3.8) is 0 Å². The molecular weight excluding hydrogens is 339 g/mol. The smallest absolute Gasteiger partial charge is 0.372 e. The standard InChI is InChI=1S/C15H24F3N5O2/c1-2-23-11-13(10-19-23)20-14(24)22-7-5-21(6-8-22)4-3-9-25-12-15(16,17)18/h10-11H,2-9,12H2,1H3,(H,20,24). The molecule has 10 heteroatoms. The van der Waals surface area contributed by atoms with Crippen molar-refractivity contribution in [1.29, 1.82) is 0 Å². The van der Waals surface area contributed by atoms with E-state index in [9.17, 15) is 18.0 Å². The topological polar surface area (TPSA) is 62.6 Å². The normalized spacial score (nSPS) is 16.2. The van der Waals surface area contributed by atoms with Crippen LogP contribution in [-0.4, -0.2) is 77.7 Å². The molecule has 142 valence electrons. The van der Waals surface area contributed by atoms with Gasteiger partial charge in [-0.3, -0.25) is 9.58 Å². The average molecular weight is 363 g/mol. The van der Waals surface area contributed by atoms with E-state index in [1.54, 1.807) is 22.0 Å². The summed E-state index contributed by atoms with van der Waals surface area (Å²) in [7, 11) is 0. The lowest BCUT2D eigenvalue weighted by molar-refractivity contribution is -0.174. The van der Waals surface area contributed by atoms with E-state index >= 15 is 0 Å². The second kappa shape index (κ2) is 9.04. The summed E-state index contributed by atoms with van der Waals surface area (Å²) in [6.45, 7) is 4.80. The van der Waals surface area contributed by atoms with Crippen LogP contribution in [0.5, 0.6) is 0 Å². The lowest BCUT2D eigenvalue weighted by Gasteiger charge is -2.34. The number of aryl methyl sites for hydroxylation is 1. The Hall–Kier alpha value is -1.81. The quantitative estimate of drug-likeness (QED) is 0.753. The number of carbonyl (C=O) groups excluding carboxylic acids is 1. The Labute approximate surface area is 144 Å². The van der Waals surface area contributed by atoms with E-state index in [1.807, 2.05) is 6.92 Å². The predicted molar refractivity (Wildman–Crippen MR) is 86.4 cm³/mol. The lowest BCUT2D eigenvalue weighted by atomic mass is 10.3. The number of anilines is 1. The number of piperazine rings is 1. The first-order valence-corrected chi connectivity index (χ1v) is 8.32. The maximum absolute atomic E-state index is 12.2. The molecule has 0 saturated carbocycles. The highest BCUT2D eigenvalue weighted by Gasteiger charge is 2.27. The van der Waals surface area contributed by atoms with Crippen LogP contribution in [0, 0.1) is 0 Å². The van der Waals surface area contributed by atoms with E-state index in [0.717, 1.165) is 6.54 Å². The number of nitrogens with one attached hydrogen (secondary N) is 1. The van der Waals surface area contributed by atoms with Crippen LogP contribution in [0.2, 0.25) is 0 Å². The molecule has 0 radical (unpaired) electrons. The maximum Gasteiger partial charge on any atom is 0.411 e. The third-order valence-corrected chi connectivity index (χ3v) is 3.90. The molecule has 25 heavy (non-hydrogen) atoms. The second-order valence-corrected chi connectivity index (χ2v) is 5.86. The van der Waals surface area contributed by atoms with Gasteiger partial charge in [0, 0.05) is 52.1 Å². The van der Waals surface area contributed by atoms with Crippen LogP contribution in [0.15, 0.2) is 12.4 Å². The Morgan fingerprint density at radius 2 is 2.04 bits per heavy atom. The number of rotatable bonds is 7. The van der Waals surface area contributed by atoms with Gasteiger partial charge in [-0.15, -0.1) is 0 Å². The fourth-order valence-electron chi connectivity index (χ4n) is 2.56. The second-order valence-electron chi connectivity index (χ2n) is 5.86. The monoisotopic (exact) mass is 363 g/mol. The molecule has 7 nitrogen and oxygen atoms in total. The van der Waals surface area contributed by atoms with Gasteiger partial charge in [0.1, 0.15) is 6.61 Å². The highest BCUT2D eigenvalue weighted by molar-refractivity contribution is 5.89. The van der Waals surface area contributed by atoms with Gasteiger partial charge in [0.2, 0.25) is 0 Å². The first kappa shape index (κ1) is 19.5. The molecule has 0 unspecified atom stereocenters. The number of ether oxygens (including phenoxy) is 1. The van der Waals surface area contributed by atoms with Crippen LogP contribution in [0.25, 0.3) is 0 Å². The van der Waals surface area contributed by atoms with Crippen LogP contribution < -0.4 is 5.32 Å². The number of carbonyl (C=O) groups is 1. The number of hydrogen-bond acceptors (Lipinski definition) is 4. The molecule has 0 aliphatic carbocycles. The summed E-state index contributed by atoms with van der Waals surface area (Å²) in [5.74, 6) is 0. The number of alkyl halides is 3. The maximum atomic E-state index is 12.2. The van der Waals surface area contributed by atoms with Gasteiger partial charge >= 0.3 is 12.2 Å². The molecular formula is C15H24F3N5O2. The van der Waals surface area contributed by atoms with Crippen LogP contribution in [0.4, 0.5) is 23.7 Å². The van der Waals surface area contributed by atoms with Crippen molar-refractivity contribution < 1.29 is 22.7 Å². The Bertz CT molecular complexity index is 542. The summed E-state index contributed by atoms with van der Waals surface area (Å²) in [5, 5.41) is 6.92. The summed E-state index contributed by atoms with van der Waals surface area (Å²) in [4.78, 5) is 16.0. The van der Waals surface area contributed by atoms with Gasteiger partial charge in [-0.25, -0.2) is 4.79 Å². The van der Waals surface area contributed by atoms with Gasteiger partial charge in [-0.1, -0.05) is 0 Å². The van der Waals surface area contributed by atoms with E-state index in [-0.39, 0.29) is 12.6 Å². The van der Waals surface area contributed by atoms with E-state index in [0.29, 0.717) is 44.8 Å². The fourth-order valence-corrected chi connectivity index (χ4v) is 2.56. The number of hydrogen-bond donors (Lipinski definition) is 1. The Kier molecular flexibility index (Phi) is 7.06. The van der Waals surface area contributed by atoms with Crippen molar-refractivity contribution in [1.82, 2.24) is 19.6 Å². The highest BCUT2D eigenvalue weighted by atomic mass is 19.4. The molecule has 2 heterocycles. The molecule has 2 amide bonds. The molecule has 0 aromatic carbocycles. The van der Waals surface area contributed by atoms with Gasteiger partial charge in [0.05, 0.1) is 11.9 Å². The lowest BCUT2D eigenvalue weighted by Crippen LogP contribution is -2.50. The minimum Gasteiger partial charge on any atom is -0.372 e. The van der Waals surface area contributed by atoms with Crippen LogP contribution in [0.3, 0.4) is 0 Å². The molecule has 0 spiro atoms. The summed E-state index contributed by atoms with van der Waals surface area (Å²) in [6, 6.07) is -0.163. The third kappa shape index (κ3) is 6.91. The molecule has 1 aliphatic rings. The van der Waals surface area contributed by atoms with Gasteiger partial charge in [-0.2, -0.15) is 18.3 Å². The molecule has 1 N–H and O–H groups in total. The summed E-state index contributed by atoms with van der Waals surface area (Å²) >= 11 is 0. The number of nitrogens with zero attached hydrogens (tertiary/aromatic N) is 4. The number of amides is 2. The van der Waals surface area contributed by atoms with Crippen LogP contribution in [0.1, 0.15) is 13.3 Å². The minimum absolute atomic E-state index is 0.0849. The number of aromatic nitrogens is 2. The van der Waals surface area contributed by atoms with E-state index in [4.69, 9.17) is 0 Å². The zero-order valence-corrected chi connectivity index (χ0v) is 14.3. The van der Waals surface area contributed by atoms with Gasteiger partial charge in [-0.05, 0) is 13.3 Å². The SMILES string of the molecule is CCn1cc(NC(=O)N2CCN(CCCOCC(F)(F)F)CC2)cn1. The van der Waals surface area contributed by atoms with Gasteiger partial charge in [0.25, 0.3) is 0 Å². The minimum atomic E-state index is -4.27. The summed E-state index contributed by atoms with van der Waals surface area (Å²) < 4.78 is 42.2. The summed E-state index contributed by atoms with van der Waals surface area (Å²) in [6.07, 6.45) is -0.348. The zero-order chi connectivity index (χ0) is 18.3. The first-order chi connectivity index (χ1) is 11.9.